The van der Waals surface area contributed by atoms with Crippen LogP contribution in [-0.2, 0) is 0 Å². The summed E-state index contributed by atoms with van der Waals surface area (Å²) in [7, 11) is 2.99. The van der Waals surface area contributed by atoms with Gasteiger partial charge < -0.3 is 25.4 Å². The molecule has 0 heterocycles. The molecule has 116 valence electrons. The van der Waals surface area contributed by atoms with E-state index < -0.39 is 12.1 Å². The Balaban J connectivity index is 0.00000361. The maximum atomic E-state index is 10.1. The molecule has 1 aromatic carbocycles. The molecule has 0 bridgehead atoms. The predicted octanol–water partition coefficient (Wildman–Crippen LogP) is 2.38. The Kier molecular flexibility index (Phi) is 8.37. The van der Waals surface area contributed by atoms with Crippen LogP contribution in [0.1, 0.15) is 37.8 Å². The molecule has 0 unspecified atom stereocenters. The van der Waals surface area contributed by atoms with Gasteiger partial charge in [0.1, 0.15) is 17.2 Å². The number of ether oxygens (including phenoxy) is 2. The van der Waals surface area contributed by atoms with Gasteiger partial charge in [0.2, 0.25) is 0 Å². The fraction of sp³-hybridized carbons (Fsp3) is 0.571. The van der Waals surface area contributed by atoms with E-state index >= 15 is 0 Å². The number of hydrogen-bond acceptors (Lipinski definition) is 5. The van der Waals surface area contributed by atoms with Crippen molar-refractivity contribution >= 4 is 12.4 Å². The highest BCUT2D eigenvalue weighted by molar-refractivity contribution is 5.85. The summed E-state index contributed by atoms with van der Waals surface area (Å²) >= 11 is 0. The normalized spacial score (nSPS) is 13.2. The third-order valence-corrected chi connectivity index (χ3v) is 3.15. The number of aliphatic hydroxyl groups is 1. The Hall–Kier alpha value is -1.17. The summed E-state index contributed by atoms with van der Waals surface area (Å²) in [5, 5.41) is 20.1. The molecule has 20 heavy (non-hydrogen) atoms. The van der Waals surface area contributed by atoms with E-state index in [0.29, 0.717) is 23.5 Å². The molecule has 5 nitrogen and oxygen atoms in total. The van der Waals surface area contributed by atoms with Crippen LogP contribution < -0.4 is 15.2 Å². The summed E-state index contributed by atoms with van der Waals surface area (Å²) in [6, 6.07) is 2.42. The monoisotopic (exact) mass is 305 g/mol. The third kappa shape index (κ3) is 4.44. The summed E-state index contributed by atoms with van der Waals surface area (Å²) in [5.74, 6) is 0.868. The fourth-order valence-corrected chi connectivity index (χ4v) is 1.99. The minimum atomic E-state index is -0.715. The van der Waals surface area contributed by atoms with Gasteiger partial charge in [0.05, 0.1) is 31.9 Å². The lowest BCUT2D eigenvalue weighted by molar-refractivity contribution is 0.130. The number of aliphatic hydroxyl groups excluding tert-OH is 1. The van der Waals surface area contributed by atoms with E-state index in [1.165, 1.54) is 20.3 Å². The molecular formula is C14H24ClNO4. The second-order valence-electron chi connectivity index (χ2n) is 4.50. The van der Waals surface area contributed by atoms with Crippen molar-refractivity contribution < 1.29 is 19.7 Å². The topological polar surface area (TPSA) is 84.9 Å². The lowest BCUT2D eigenvalue weighted by Gasteiger charge is -2.22. The highest BCUT2D eigenvalue weighted by atomic mass is 35.5. The Morgan fingerprint density at radius 3 is 2.40 bits per heavy atom. The largest absolute Gasteiger partial charge is 0.507 e. The quantitative estimate of drug-likeness (QED) is 0.720. The molecule has 0 aliphatic carbocycles. The van der Waals surface area contributed by atoms with Crippen molar-refractivity contribution in [1.29, 1.82) is 0 Å². The van der Waals surface area contributed by atoms with Crippen molar-refractivity contribution in [2.75, 3.05) is 14.2 Å². The van der Waals surface area contributed by atoms with Gasteiger partial charge in [-0.2, -0.15) is 0 Å². The molecule has 0 aliphatic rings. The van der Waals surface area contributed by atoms with E-state index in [0.717, 1.165) is 12.8 Å². The van der Waals surface area contributed by atoms with E-state index in [-0.39, 0.29) is 18.2 Å². The van der Waals surface area contributed by atoms with E-state index in [1.54, 1.807) is 6.07 Å². The molecule has 4 N–H and O–H groups in total. The van der Waals surface area contributed by atoms with Crippen molar-refractivity contribution in [3.8, 4) is 17.2 Å². The molecule has 0 saturated heterocycles. The number of benzene rings is 1. The standard InChI is InChI=1S/C14H23NO4.ClH/c1-4-5-6-10(16)14(15)13-11(17)7-9(18-2)8-12(13)19-3;/h7-8,10,14,16-17H,4-6,15H2,1-3H3;1H/t10-,14-;/m0./s1. The first kappa shape index (κ1) is 18.8. The number of phenolic OH excluding ortho intramolecular Hbond substituents is 1. The van der Waals surface area contributed by atoms with Crippen LogP contribution in [0.3, 0.4) is 0 Å². The Morgan fingerprint density at radius 1 is 1.25 bits per heavy atom. The van der Waals surface area contributed by atoms with Crippen molar-refractivity contribution in [3.63, 3.8) is 0 Å². The van der Waals surface area contributed by atoms with Crippen LogP contribution in [0.25, 0.3) is 0 Å². The second kappa shape index (κ2) is 8.89. The SMILES string of the molecule is CCCC[C@H](O)[C@H](N)c1c(O)cc(OC)cc1OC.Cl. The average molecular weight is 306 g/mol. The van der Waals surface area contributed by atoms with Gasteiger partial charge in [-0.1, -0.05) is 19.8 Å². The molecule has 6 heteroatoms. The molecule has 2 atom stereocenters. The first-order chi connectivity index (χ1) is 9.04. The summed E-state index contributed by atoms with van der Waals surface area (Å²) in [5.41, 5.74) is 6.43. The summed E-state index contributed by atoms with van der Waals surface area (Å²) in [4.78, 5) is 0. The molecule has 1 aromatic rings. The highest BCUT2D eigenvalue weighted by Gasteiger charge is 2.24. The molecule has 1 rings (SSSR count). The number of halogens is 1. The minimum Gasteiger partial charge on any atom is -0.507 e. The van der Waals surface area contributed by atoms with Gasteiger partial charge in [0.25, 0.3) is 0 Å². The Morgan fingerprint density at radius 2 is 1.90 bits per heavy atom. The van der Waals surface area contributed by atoms with Crippen molar-refractivity contribution in [3.05, 3.63) is 17.7 Å². The molecule has 0 spiro atoms. The molecule has 0 aromatic heterocycles. The molecule has 0 amide bonds. The molecule has 0 fully saturated rings. The molecule has 0 aliphatic heterocycles. The number of aromatic hydroxyl groups is 1. The molecule has 0 radical (unpaired) electrons. The van der Waals surface area contributed by atoms with Gasteiger partial charge in [-0.15, -0.1) is 12.4 Å². The zero-order chi connectivity index (χ0) is 14.4. The van der Waals surface area contributed by atoms with Crippen LogP contribution in [0.15, 0.2) is 12.1 Å². The van der Waals surface area contributed by atoms with Gasteiger partial charge in [-0.05, 0) is 6.42 Å². The molecular weight excluding hydrogens is 282 g/mol. The first-order valence-electron chi connectivity index (χ1n) is 6.43. The van der Waals surface area contributed by atoms with Crippen molar-refractivity contribution in [1.82, 2.24) is 0 Å². The predicted molar refractivity (Wildman–Crippen MR) is 80.9 cm³/mol. The minimum absolute atomic E-state index is 0. The van der Waals surface area contributed by atoms with Gasteiger partial charge in [-0.3, -0.25) is 0 Å². The van der Waals surface area contributed by atoms with Crippen LogP contribution in [0.5, 0.6) is 17.2 Å². The van der Waals surface area contributed by atoms with E-state index in [4.69, 9.17) is 15.2 Å². The van der Waals surface area contributed by atoms with Crippen LogP contribution in [0.4, 0.5) is 0 Å². The van der Waals surface area contributed by atoms with Crippen LogP contribution in [-0.4, -0.2) is 30.5 Å². The summed E-state index contributed by atoms with van der Waals surface area (Å²) in [6.07, 6.45) is 1.74. The van der Waals surface area contributed by atoms with Crippen molar-refractivity contribution in [2.24, 2.45) is 5.73 Å². The highest BCUT2D eigenvalue weighted by Crippen LogP contribution is 2.38. The summed E-state index contributed by atoms with van der Waals surface area (Å²) < 4.78 is 10.3. The second-order valence-corrected chi connectivity index (χ2v) is 4.50. The maximum absolute atomic E-state index is 10.1. The Bertz CT molecular complexity index is 414. The lowest BCUT2D eigenvalue weighted by atomic mass is 9.96. The number of hydrogen-bond donors (Lipinski definition) is 3. The van der Waals surface area contributed by atoms with Gasteiger partial charge in [0.15, 0.2) is 0 Å². The van der Waals surface area contributed by atoms with Crippen LogP contribution in [0.2, 0.25) is 0 Å². The first-order valence-corrected chi connectivity index (χ1v) is 6.43. The van der Waals surface area contributed by atoms with Gasteiger partial charge >= 0.3 is 0 Å². The Labute approximate surface area is 126 Å². The van der Waals surface area contributed by atoms with Crippen molar-refractivity contribution in [2.45, 2.75) is 38.3 Å². The summed E-state index contributed by atoms with van der Waals surface area (Å²) in [6.45, 7) is 2.05. The number of methoxy groups -OCH3 is 2. The van der Waals surface area contributed by atoms with E-state index in [9.17, 15) is 10.2 Å². The lowest BCUT2D eigenvalue weighted by Crippen LogP contribution is -2.26. The number of phenols is 1. The maximum Gasteiger partial charge on any atom is 0.131 e. The van der Waals surface area contributed by atoms with E-state index in [2.05, 4.69) is 0 Å². The zero-order valence-electron chi connectivity index (χ0n) is 12.1. The smallest absolute Gasteiger partial charge is 0.131 e. The van der Waals surface area contributed by atoms with Gasteiger partial charge in [-0.25, -0.2) is 0 Å². The third-order valence-electron chi connectivity index (χ3n) is 3.15. The number of nitrogens with two attached hydrogens (primary N) is 1. The van der Waals surface area contributed by atoms with Crippen LogP contribution in [0, 0.1) is 0 Å². The fourth-order valence-electron chi connectivity index (χ4n) is 1.99. The van der Waals surface area contributed by atoms with Crippen LogP contribution >= 0.6 is 12.4 Å². The zero-order valence-corrected chi connectivity index (χ0v) is 12.9. The van der Waals surface area contributed by atoms with E-state index in [1.807, 2.05) is 6.92 Å². The molecule has 0 saturated carbocycles. The average Bonchev–Trinajstić information content (AvgIpc) is 2.42. The number of rotatable bonds is 7. The number of unbranched alkanes of at least 4 members (excludes halogenated alkanes) is 1. The van der Waals surface area contributed by atoms with Gasteiger partial charge in [0, 0.05) is 12.1 Å².